The van der Waals surface area contributed by atoms with Crippen LogP contribution < -0.4 is 15.5 Å². The van der Waals surface area contributed by atoms with E-state index >= 15 is 0 Å². The molecule has 0 saturated carbocycles. The van der Waals surface area contributed by atoms with Gasteiger partial charge in [0.2, 0.25) is 0 Å². The number of hydrogen-bond donors (Lipinski definition) is 2. The Morgan fingerprint density at radius 3 is 2.68 bits per heavy atom. The van der Waals surface area contributed by atoms with Crippen LogP contribution in [0.5, 0.6) is 0 Å². The van der Waals surface area contributed by atoms with Gasteiger partial charge in [0.25, 0.3) is 5.91 Å². The molecule has 4 rings (SSSR count). The first-order valence-electron chi connectivity index (χ1n) is 9.54. The first-order chi connectivity index (χ1) is 13.6. The Labute approximate surface area is 165 Å². The van der Waals surface area contributed by atoms with E-state index in [2.05, 4.69) is 34.7 Å². The summed E-state index contributed by atoms with van der Waals surface area (Å²) < 4.78 is 11.0. The number of hydrogen-bond acceptors (Lipinski definition) is 5. The van der Waals surface area contributed by atoms with E-state index in [1.807, 2.05) is 37.3 Å². The van der Waals surface area contributed by atoms with Gasteiger partial charge >= 0.3 is 0 Å². The fraction of sp³-hybridized carbons (Fsp3) is 0.318. The van der Waals surface area contributed by atoms with Gasteiger partial charge in [-0.2, -0.15) is 0 Å². The highest BCUT2D eigenvalue weighted by Crippen LogP contribution is 2.34. The van der Waals surface area contributed by atoms with Gasteiger partial charge in [-0.3, -0.25) is 4.79 Å². The number of ether oxygens (including phenoxy) is 2. The predicted octanol–water partition coefficient (Wildman–Crippen LogP) is 3.60. The predicted molar refractivity (Wildman–Crippen MR) is 111 cm³/mol. The van der Waals surface area contributed by atoms with Crippen molar-refractivity contribution >= 4 is 28.5 Å². The van der Waals surface area contributed by atoms with E-state index < -0.39 is 0 Å². The molecule has 0 aliphatic carbocycles. The van der Waals surface area contributed by atoms with E-state index in [0.717, 1.165) is 41.2 Å². The molecule has 2 heterocycles. The zero-order chi connectivity index (χ0) is 19.5. The van der Waals surface area contributed by atoms with Gasteiger partial charge in [-0.05, 0) is 42.8 Å². The molecular formula is C22H25N3O3. The number of benzene rings is 2. The first kappa shape index (κ1) is 18.5. The van der Waals surface area contributed by atoms with Crippen LogP contribution in [0.2, 0.25) is 0 Å². The van der Waals surface area contributed by atoms with Gasteiger partial charge in [0.15, 0.2) is 6.29 Å². The van der Waals surface area contributed by atoms with Gasteiger partial charge in [0.05, 0.1) is 18.8 Å². The minimum atomic E-state index is -0.0843. The Kier molecular flexibility index (Phi) is 5.32. The Bertz CT molecular complexity index is 886. The third-order valence-corrected chi connectivity index (χ3v) is 5.12. The van der Waals surface area contributed by atoms with Crippen molar-refractivity contribution < 1.29 is 14.3 Å². The molecule has 2 aliphatic rings. The number of carbonyl (C=O) groups is 1. The fourth-order valence-electron chi connectivity index (χ4n) is 3.54. The molecule has 1 fully saturated rings. The Morgan fingerprint density at radius 1 is 1.18 bits per heavy atom. The van der Waals surface area contributed by atoms with Crippen LogP contribution in [0.1, 0.15) is 17.5 Å². The summed E-state index contributed by atoms with van der Waals surface area (Å²) in [7, 11) is 2.06. The molecule has 0 aromatic heterocycles. The highest BCUT2D eigenvalue weighted by atomic mass is 16.7. The molecule has 1 saturated heterocycles. The van der Waals surface area contributed by atoms with Gasteiger partial charge in [-0.15, -0.1) is 0 Å². The van der Waals surface area contributed by atoms with Crippen molar-refractivity contribution in [1.82, 2.24) is 0 Å². The van der Waals surface area contributed by atoms with Crippen molar-refractivity contribution in [3.8, 4) is 0 Å². The van der Waals surface area contributed by atoms with Gasteiger partial charge in [0.1, 0.15) is 0 Å². The second-order valence-corrected chi connectivity index (χ2v) is 7.08. The number of amides is 1. The summed E-state index contributed by atoms with van der Waals surface area (Å²) in [6, 6.07) is 14.0. The van der Waals surface area contributed by atoms with Gasteiger partial charge < -0.3 is 25.0 Å². The summed E-state index contributed by atoms with van der Waals surface area (Å²) in [6.07, 6.45) is 2.54. The number of fused-ring (bicyclic) bond motifs is 1. The highest BCUT2D eigenvalue weighted by molar-refractivity contribution is 6.32. The molecule has 2 aromatic rings. The summed E-state index contributed by atoms with van der Waals surface area (Å²) in [5, 5.41) is 6.16. The van der Waals surface area contributed by atoms with E-state index in [-0.39, 0.29) is 12.2 Å². The number of nitrogens with one attached hydrogen (secondary N) is 2. The van der Waals surface area contributed by atoms with E-state index in [1.165, 1.54) is 0 Å². The van der Waals surface area contributed by atoms with Crippen LogP contribution >= 0.6 is 0 Å². The smallest absolute Gasteiger partial charge is 0.257 e. The molecule has 2 aliphatic heterocycles. The topological polar surface area (TPSA) is 62.8 Å². The average molecular weight is 379 g/mol. The molecule has 2 N–H and O–H groups in total. The van der Waals surface area contributed by atoms with E-state index in [0.29, 0.717) is 18.8 Å². The summed E-state index contributed by atoms with van der Waals surface area (Å²) in [5.41, 5.74) is 5.62. The number of rotatable bonds is 6. The van der Waals surface area contributed by atoms with Crippen LogP contribution in [0, 0.1) is 6.92 Å². The minimum Gasteiger partial charge on any atom is -0.374 e. The average Bonchev–Trinajstić information content (AvgIpc) is 3.33. The normalized spacial score (nSPS) is 17.6. The van der Waals surface area contributed by atoms with Gasteiger partial charge in [-0.25, -0.2) is 0 Å². The maximum absolute atomic E-state index is 12.3. The highest BCUT2D eigenvalue weighted by Gasteiger charge is 2.25. The first-order valence-corrected chi connectivity index (χ1v) is 9.54. The van der Waals surface area contributed by atoms with Crippen LogP contribution in [0.15, 0.2) is 48.7 Å². The SMILES string of the molecule is Cc1cccc2c1C(=CNc1ccc(N(C)CCC3OCCO3)cc1)C(=O)N2. The second kappa shape index (κ2) is 8.04. The minimum absolute atomic E-state index is 0.0792. The van der Waals surface area contributed by atoms with Gasteiger partial charge in [0, 0.05) is 48.8 Å². The van der Waals surface area contributed by atoms with Crippen LogP contribution in [0.25, 0.3) is 5.57 Å². The zero-order valence-electron chi connectivity index (χ0n) is 16.2. The van der Waals surface area contributed by atoms with E-state index in [1.54, 1.807) is 6.20 Å². The van der Waals surface area contributed by atoms with Crippen molar-refractivity contribution in [1.29, 1.82) is 0 Å². The van der Waals surface area contributed by atoms with Gasteiger partial charge in [-0.1, -0.05) is 12.1 Å². The Balaban J connectivity index is 1.40. The Morgan fingerprint density at radius 2 is 1.93 bits per heavy atom. The fourth-order valence-corrected chi connectivity index (χ4v) is 3.54. The van der Waals surface area contributed by atoms with Crippen LogP contribution in [-0.4, -0.2) is 39.0 Å². The lowest BCUT2D eigenvalue weighted by Gasteiger charge is -2.21. The van der Waals surface area contributed by atoms with Crippen LogP contribution in [-0.2, 0) is 14.3 Å². The number of nitrogens with zero attached hydrogens (tertiary/aromatic N) is 1. The lowest BCUT2D eigenvalue weighted by atomic mass is 10.0. The van der Waals surface area contributed by atoms with Crippen LogP contribution in [0.4, 0.5) is 17.1 Å². The van der Waals surface area contributed by atoms with E-state index in [9.17, 15) is 4.79 Å². The monoisotopic (exact) mass is 379 g/mol. The number of anilines is 3. The molecule has 0 radical (unpaired) electrons. The molecule has 0 atom stereocenters. The molecule has 2 aromatic carbocycles. The maximum atomic E-state index is 12.3. The van der Waals surface area contributed by atoms with E-state index in [4.69, 9.17) is 9.47 Å². The summed E-state index contributed by atoms with van der Waals surface area (Å²) in [5.74, 6) is -0.0792. The molecule has 0 spiro atoms. The molecule has 0 unspecified atom stereocenters. The molecule has 28 heavy (non-hydrogen) atoms. The third kappa shape index (κ3) is 3.88. The maximum Gasteiger partial charge on any atom is 0.257 e. The number of aryl methyl sites for hydroxylation is 1. The largest absolute Gasteiger partial charge is 0.374 e. The second-order valence-electron chi connectivity index (χ2n) is 7.08. The summed E-state index contributed by atoms with van der Waals surface area (Å²) in [4.78, 5) is 14.5. The van der Waals surface area contributed by atoms with Crippen molar-refractivity contribution in [2.24, 2.45) is 0 Å². The van der Waals surface area contributed by atoms with Crippen molar-refractivity contribution in [3.05, 3.63) is 59.8 Å². The lowest BCUT2D eigenvalue weighted by molar-refractivity contribution is -0.110. The molecule has 6 heteroatoms. The third-order valence-electron chi connectivity index (χ3n) is 5.12. The van der Waals surface area contributed by atoms with Crippen molar-refractivity contribution in [3.63, 3.8) is 0 Å². The number of carbonyl (C=O) groups excluding carboxylic acids is 1. The lowest BCUT2D eigenvalue weighted by Crippen LogP contribution is -2.23. The molecule has 6 nitrogen and oxygen atoms in total. The zero-order valence-corrected chi connectivity index (χ0v) is 16.2. The summed E-state index contributed by atoms with van der Waals surface area (Å²) in [6.45, 7) is 4.25. The molecular weight excluding hydrogens is 354 g/mol. The standard InChI is InChI=1S/C22H25N3O3/c1-15-4-3-5-19-21(15)18(22(26)24-19)14-23-16-6-8-17(9-7-16)25(2)11-10-20-27-12-13-28-20/h3-9,14,20,23H,10-13H2,1-2H3,(H,24,26). The quantitative estimate of drug-likeness (QED) is 0.751. The van der Waals surface area contributed by atoms with Crippen LogP contribution in [0.3, 0.4) is 0 Å². The molecule has 146 valence electrons. The molecule has 0 bridgehead atoms. The molecule has 1 amide bonds. The van der Waals surface area contributed by atoms with Crippen molar-refractivity contribution in [2.75, 3.05) is 42.3 Å². The van der Waals surface area contributed by atoms with Crippen molar-refractivity contribution in [2.45, 2.75) is 19.6 Å². The summed E-state index contributed by atoms with van der Waals surface area (Å²) >= 11 is 0. The Hall–Kier alpha value is -2.83.